The Hall–Kier alpha value is -1.76. The molecule has 0 fully saturated rings. The van der Waals surface area contributed by atoms with Gasteiger partial charge in [-0.05, 0) is 31.2 Å². The Bertz CT molecular complexity index is 406. The molecular formula is C10H11NO5S. The van der Waals surface area contributed by atoms with Crippen molar-refractivity contribution in [3.63, 3.8) is 0 Å². The molecule has 7 heteroatoms. The fourth-order valence-corrected chi connectivity index (χ4v) is 1.20. The van der Waals surface area contributed by atoms with E-state index in [1.54, 1.807) is 24.3 Å². The van der Waals surface area contributed by atoms with Gasteiger partial charge in [-0.3, -0.25) is 0 Å². The number of nitrogens with zero attached hydrogens (tertiary/aromatic N) is 1. The van der Waals surface area contributed by atoms with Gasteiger partial charge in [0.15, 0.2) is 0 Å². The summed E-state index contributed by atoms with van der Waals surface area (Å²) in [4.78, 5) is 26.4. The first-order chi connectivity index (χ1) is 7.99. The quantitative estimate of drug-likeness (QED) is 0.376. The maximum Gasteiger partial charge on any atom is 0.338 e. The molecule has 0 aliphatic heterocycles. The van der Waals surface area contributed by atoms with E-state index in [-0.39, 0.29) is 6.61 Å². The molecular weight excluding hydrogens is 246 g/mol. The normalized spacial score (nSPS) is 11.6. The number of benzene rings is 1. The zero-order valence-corrected chi connectivity index (χ0v) is 9.92. The minimum Gasteiger partial charge on any atom is -0.460 e. The summed E-state index contributed by atoms with van der Waals surface area (Å²) < 4.78 is 4.84. The number of rotatable bonds is 5. The lowest BCUT2D eigenvalue weighted by atomic mass is 10.2. The van der Waals surface area contributed by atoms with Crippen LogP contribution in [0.25, 0.3) is 0 Å². The van der Waals surface area contributed by atoms with Crippen molar-refractivity contribution in [2.45, 2.75) is 17.9 Å². The topological polar surface area (TPSA) is 78.7 Å². The first-order valence-corrected chi connectivity index (χ1v) is 5.21. The second kappa shape index (κ2) is 6.09. The first kappa shape index (κ1) is 13.3. The number of ether oxygens (including phenoxy) is 1. The molecule has 92 valence electrons. The van der Waals surface area contributed by atoms with Crippen LogP contribution < -0.4 is 0 Å². The van der Waals surface area contributed by atoms with E-state index in [0.29, 0.717) is 5.56 Å². The van der Waals surface area contributed by atoms with Crippen molar-refractivity contribution >= 4 is 18.6 Å². The van der Waals surface area contributed by atoms with Crippen molar-refractivity contribution in [2.24, 2.45) is 0 Å². The molecule has 1 aromatic rings. The Balaban J connectivity index is 2.44. The highest BCUT2D eigenvalue weighted by Crippen LogP contribution is 2.09. The summed E-state index contributed by atoms with van der Waals surface area (Å²) in [5.41, 5.74) is 0.358. The van der Waals surface area contributed by atoms with Crippen LogP contribution in [0.2, 0.25) is 0 Å². The van der Waals surface area contributed by atoms with E-state index in [2.05, 4.69) is 17.5 Å². The van der Waals surface area contributed by atoms with Crippen molar-refractivity contribution in [1.82, 2.24) is 0 Å². The first-order valence-electron chi connectivity index (χ1n) is 4.76. The van der Waals surface area contributed by atoms with Gasteiger partial charge in [0.05, 0.1) is 5.56 Å². The second-order valence-corrected chi connectivity index (χ2v) is 3.80. The van der Waals surface area contributed by atoms with Gasteiger partial charge in [-0.15, -0.1) is 22.7 Å². The average molecular weight is 257 g/mol. The molecule has 0 saturated heterocycles. The molecule has 1 aromatic carbocycles. The van der Waals surface area contributed by atoms with E-state index >= 15 is 0 Å². The molecule has 0 saturated carbocycles. The maximum atomic E-state index is 11.5. The molecule has 0 radical (unpaired) electrons. The molecule has 6 nitrogen and oxygen atoms in total. The molecule has 1 rings (SSSR count). The van der Waals surface area contributed by atoms with Crippen molar-refractivity contribution < 1.29 is 19.5 Å². The maximum absolute atomic E-state index is 11.5. The van der Waals surface area contributed by atoms with E-state index in [1.165, 1.54) is 6.92 Å². The van der Waals surface area contributed by atoms with Crippen LogP contribution in [0, 0.1) is 10.1 Å². The number of carbonyl (C=O) groups excluding carboxylic acids is 1. The summed E-state index contributed by atoms with van der Waals surface area (Å²) >= 11 is 4.08. The summed E-state index contributed by atoms with van der Waals surface area (Å²) in [7, 11) is 0. The van der Waals surface area contributed by atoms with Crippen molar-refractivity contribution in [3.8, 4) is 0 Å². The predicted octanol–water partition coefficient (Wildman–Crippen LogP) is 1.73. The van der Waals surface area contributed by atoms with Crippen molar-refractivity contribution in [3.05, 3.63) is 39.9 Å². The van der Waals surface area contributed by atoms with Gasteiger partial charge in [0.1, 0.15) is 12.7 Å². The van der Waals surface area contributed by atoms with E-state index in [1.807, 2.05) is 0 Å². The van der Waals surface area contributed by atoms with Gasteiger partial charge in [0.25, 0.3) is 5.09 Å². The zero-order valence-electron chi connectivity index (χ0n) is 9.03. The predicted molar refractivity (Wildman–Crippen MR) is 61.5 cm³/mol. The highest BCUT2D eigenvalue weighted by atomic mass is 32.1. The molecule has 17 heavy (non-hydrogen) atoms. The van der Waals surface area contributed by atoms with E-state index in [0.717, 1.165) is 4.90 Å². The van der Waals surface area contributed by atoms with Crippen LogP contribution in [0.1, 0.15) is 17.3 Å². The van der Waals surface area contributed by atoms with Gasteiger partial charge in [0.2, 0.25) is 0 Å². The Morgan fingerprint density at radius 2 is 2.06 bits per heavy atom. The molecule has 0 bridgehead atoms. The van der Waals surface area contributed by atoms with Gasteiger partial charge in [-0.2, -0.15) is 0 Å². The van der Waals surface area contributed by atoms with E-state index < -0.39 is 17.2 Å². The lowest BCUT2D eigenvalue weighted by Gasteiger charge is -2.09. The van der Waals surface area contributed by atoms with Crippen LogP contribution >= 0.6 is 12.6 Å². The van der Waals surface area contributed by atoms with Crippen molar-refractivity contribution in [2.75, 3.05) is 6.61 Å². The SMILES string of the molecule is CC(COC(=O)c1ccc(S)cc1)O[N+](=O)[O-]. The summed E-state index contributed by atoms with van der Waals surface area (Å²) in [5.74, 6) is -0.558. The van der Waals surface area contributed by atoms with Gasteiger partial charge < -0.3 is 9.57 Å². The third kappa shape index (κ3) is 4.73. The minimum absolute atomic E-state index is 0.178. The molecule has 0 spiro atoms. The van der Waals surface area contributed by atoms with E-state index in [9.17, 15) is 14.9 Å². The molecule has 1 unspecified atom stereocenters. The third-order valence-corrected chi connectivity index (χ3v) is 2.12. The van der Waals surface area contributed by atoms with Crippen LogP contribution in [0.3, 0.4) is 0 Å². The number of hydrogen-bond acceptors (Lipinski definition) is 6. The standard InChI is InChI=1S/C10H11NO5S/c1-7(16-11(13)14)6-15-10(12)8-2-4-9(17)5-3-8/h2-5,7,17H,6H2,1H3. The van der Waals surface area contributed by atoms with Gasteiger partial charge in [0, 0.05) is 4.90 Å². The van der Waals surface area contributed by atoms with Gasteiger partial charge >= 0.3 is 5.97 Å². The Kier molecular flexibility index (Phi) is 4.77. The third-order valence-electron chi connectivity index (χ3n) is 1.82. The van der Waals surface area contributed by atoms with Gasteiger partial charge in [-0.1, -0.05) is 0 Å². The van der Waals surface area contributed by atoms with Crippen molar-refractivity contribution in [1.29, 1.82) is 0 Å². The number of carbonyl (C=O) groups is 1. The van der Waals surface area contributed by atoms with Gasteiger partial charge in [-0.25, -0.2) is 4.79 Å². The van der Waals surface area contributed by atoms with Crippen LogP contribution in [0.5, 0.6) is 0 Å². The Morgan fingerprint density at radius 1 is 1.47 bits per heavy atom. The number of thiol groups is 1. The summed E-state index contributed by atoms with van der Waals surface area (Å²) in [6.07, 6.45) is -0.793. The molecule has 0 N–H and O–H groups in total. The largest absolute Gasteiger partial charge is 0.460 e. The lowest BCUT2D eigenvalue weighted by molar-refractivity contribution is -0.767. The fraction of sp³-hybridized carbons (Fsp3) is 0.300. The molecule has 0 aliphatic rings. The molecule has 0 aromatic heterocycles. The summed E-state index contributed by atoms with van der Waals surface area (Å²) in [5, 5.41) is 9.07. The van der Waals surface area contributed by atoms with Crippen LogP contribution in [0.15, 0.2) is 29.2 Å². The Morgan fingerprint density at radius 3 is 2.59 bits per heavy atom. The monoisotopic (exact) mass is 257 g/mol. The zero-order chi connectivity index (χ0) is 12.8. The summed E-state index contributed by atoms with van der Waals surface area (Å²) in [6.45, 7) is 1.26. The minimum atomic E-state index is -0.922. The van der Waals surface area contributed by atoms with Crippen LogP contribution in [-0.4, -0.2) is 23.8 Å². The molecule has 0 amide bonds. The Labute approximate surface area is 103 Å². The van der Waals surface area contributed by atoms with Crippen LogP contribution in [-0.2, 0) is 9.57 Å². The second-order valence-electron chi connectivity index (χ2n) is 3.28. The average Bonchev–Trinajstić information content (AvgIpc) is 2.26. The lowest BCUT2D eigenvalue weighted by Crippen LogP contribution is -2.21. The highest BCUT2D eigenvalue weighted by molar-refractivity contribution is 7.80. The number of esters is 1. The molecule has 0 heterocycles. The van der Waals surface area contributed by atoms with Crippen LogP contribution in [0.4, 0.5) is 0 Å². The highest BCUT2D eigenvalue weighted by Gasteiger charge is 2.12. The summed E-state index contributed by atoms with van der Waals surface area (Å²) in [6, 6.07) is 6.42. The molecule has 0 aliphatic carbocycles. The number of hydrogen-bond donors (Lipinski definition) is 1. The fourth-order valence-electron chi connectivity index (χ4n) is 1.05. The smallest absolute Gasteiger partial charge is 0.338 e. The molecule has 1 atom stereocenters. The van der Waals surface area contributed by atoms with E-state index in [4.69, 9.17) is 4.74 Å².